The van der Waals surface area contributed by atoms with Gasteiger partial charge in [-0.15, -0.1) is 0 Å². The molecule has 1 aliphatic heterocycles. The third-order valence-electron chi connectivity index (χ3n) is 3.63. The van der Waals surface area contributed by atoms with Crippen molar-refractivity contribution in [3.05, 3.63) is 47.3 Å². The first-order chi connectivity index (χ1) is 11.2. The van der Waals surface area contributed by atoms with Gasteiger partial charge in [0.25, 0.3) is 0 Å². The van der Waals surface area contributed by atoms with Crippen LogP contribution in [-0.4, -0.2) is 30.2 Å². The van der Waals surface area contributed by atoms with Crippen molar-refractivity contribution in [1.29, 1.82) is 0 Å². The Morgan fingerprint density at radius 3 is 3.09 bits per heavy atom. The second kappa shape index (κ2) is 6.69. The highest BCUT2D eigenvalue weighted by Gasteiger charge is 2.23. The summed E-state index contributed by atoms with van der Waals surface area (Å²) in [5.74, 6) is 0.800. The number of aliphatic hydroxyl groups is 1. The van der Waals surface area contributed by atoms with Gasteiger partial charge in [-0.1, -0.05) is 12.9 Å². The quantitative estimate of drug-likeness (QED) is 0.654. The smallest absolute Gasteiger partial charge is 0.324 e. The van der Waals surface area contributed by atoms with E-state index >= 15 is 0 Å². The summed E-state index contributed by atoms with van der Waals surface area (Å²) in [5, 5.41) is 12.1. The minimum absolute atomic E-state index is 0.104. The van der Waals surface area contributed by atoms with Gasteiger partial charge < -0.3 is 19.8 Å². The SMILES string of the molecule is [C-]#[N+]c1ccc(Nc2ccc3c(c2)COB3C)nc1OCCO. The molecule has 2 aromatic rings. The number of aliphatic hydroxyl groups excluding tert-OH is 1. The molecule has 1 aliphatic rings. The van der Waals surface area contributed by atoms with Crippen LogP contribution >= 0.6 is 0 Å². The number of fused-ring (bicyclic) bond motifs is 1. The van der Waals surface area contributed by atoms with Gasteiger partial charge in [-0.05, 0) is 35.3 Å². The summed E-state index contributed by atoms with van der Waals surface area (Å²) >= 11 is 0. The molecule has 0 radical (unpaired) electrons. The predicted molar refractivity (Wildman–Crippen MR) is 88.8 cm³/mol. The molecule has 0 unspecified atom stereocenters. The largest absolute Gasteiger partial charge is 0.484 e. The van der Waals surface area contributed by atoms with Gasteiger partial charge in [0.1, 0.15) is 12.4 Å². The molecule has 0 saturated heterocycles. The zero-order valence-electron chi connectivity index (χ0n) is 12.7. The molecule has 0 atom stereocenters. The molecule has 0 saturated carbocycles. The molecule has 0 aliphatic carbocycles. The van der Waals surface area contributed by atoms with Crippen LogP contribution in [0.2, 0.25) is 6.82 Å². The average molecular weight is 309 g/mol. The molecular weight excluding hydrogens is 293 g/mol. The standard InChI is InChI=1S/C16H16BN3O3/c1-17-13-4-3-12(9-11(13)10-23-17)19-15-6-5-14(18-2)16(20-15)22-8-7-21/h3-6,9,21H,7-8,10H2,1H3,(H,19,20). The van der Waals surface area contributed by atoms with Crippen molar-refractivity contribution in [2.45, 2.75) is 13.4 Å². The number of pyridine rings is 1. The van der Waals surface area contributed by atoms with Gasteiger partial charge in [-0.2, -0.15) is 0 Å². The molecule has 6 nitrogen and oxygen atoms in total. The van der Waals surface area contributed by atoms with Crippen molar-refractivity contribution >= 4 is 29.6 Å². The third-order valence-corrected chi connectivity index (χ3v) is 3.63. The number of aromatic nitrogens is 1. The maximum Gasteiger partial charge on any atom is 0.324 e. The molecule has 116 valence electrons. The summed E-state index contributed by atoms with van der Waals surface area (Å²) in [7, 11) is 0. The summed E-state index contributed by atoms with van der Waals surface area (Å²) in [6, 6.07) is 9.44. The van der Waals surface area contributed by atoms with Crippen LogP contribution in [0.3, 0.4) is 0 Å². The first-order valence-corrected chi connectivity index (χ1v) is 7.35. The lowest BCUT2D eigenvalue weighted by molar-refractivity contribution is 0.198. The molecule has 0 fully saturated rings. The fourth-order valence-electron chi connectivity index (χ4n) is 2.49. The van der Waals surface area contributed by atoms with Crippen LogP contribution in [-0.2, 0) is 11.3 Å². The number of anilines is 2. The van der Waals surface area contributed by atoms with Crippen molar-refractivity contribution in [3.8, 4) is 5.88 Å². The van der Waals surface area contributed by atoms with Gasteiger partial charge in [-0.25, -0.2) is 9.83 Å². The van der Waals surface area contributed by atoms with E-state index in [9.17, 15) is 0 Å². The molecule has 7 heteroatoms. The Balaban J connectivity index is 1.81. The van der Waals surface area contributed by atoms with Crippen LogP contribution in [0.1, 0.15) is 5.56 Å². The van der Waals surface area contributed by atoms with Crippen molar-refractivity contribution in [2.75, 3.05) is 18.5 Å². The lowest BCUT2D eigenvalue weighted by Crippen LogP contribution is -2.23. The van der Waals surface area contributed by atoms with E-state index in [1.165, 1.54) is 5.46 Å². The first-order valence-electron chi connectivity index (χ1n) is 7.35. The summed E-state index contributed by atoms with van der Waals surface area (Å²) in [4.78, 5) is 7.66. The molecule has 0 bridgehead atoms. The van der Waals surface area contributed by atoms with E-state index in [1.807, 2.05) is 25.0 Å². The monoisotopic (exact) mass is 309 g/mol. The fourth-order valence-corrected chi connectivity index (χ4v) is 2.49. The van der Waals surface area contributed by atoms with E-state index in [2.05, 4.69) is 15.1 Å². The summed E-state index contributed by atoms with van der Waals surface area (Å²) in [6.45, 7) is 9.88. The Kier molecular flexibility index (Phi) is 4.46. The lowest BCUT2D eigenvalue weighted by atomic mass is 9.64. The zero-order valence-corrected chi connectivity index (χ0v) is 12.7. The molecular formula is C16H16BN3O3. The van der Waals surface area contributed by atoms with E-state index in [0.29, 0.717) is 18.1 Å². The second-order valence-electron chi connectivity index (χ2n) is 5.20. The van der Waals surface area contributed by atoms with Gasteiger partial charge in [0.05, 0.1) is 19.8 Å². The number of hydrogen-bond donors (Lipinski definition) is 2. The highest BCUT2D eigenvalue weighted by atomic mass is 16.5. The number of rotatable bonds is 5. The summed E-state index contributed by atoms with van der Waals surface area (Å²) < 4.78 is 10.9. The summed E-state index contributed by atoms with van der Waals surface area (Å²) in [5.41, 5.74) is 3.59. The number of hydrogen-bond acceptors (Lipinski definition) is 5. The predicted octanol–water partition coefficient (Wildman–Crippen LogP) is 2.11. The number of nitrogens with one attached hydrogen (secondary N) is 1. The van der Waals surface area contributed by atoms with Gasteiger partial charge in [0.15, 0.2) is 0 Å². The highest BCUT2D eigenvalue weighted by molar-refractivity contribution is 6.67. The molecule has 0 amide bonds. The Hall–Kier alpha value is -2.56. The van der Waals surface area contributed by atoms with E-state index in [-0.39, 0.29) is 26.0 Å². The van der Waals surface area contributed by atoms with Crippen molar-refractivity contribution in [1.82, 2.24) is 4.98 Å². The molecule has 0 spiro atoms. The van der Waals surface area contributed by atoms with Crippen molar-refractivity contribution in [3.63, 3.8) is 0 Å². The van der Waals surface area contributed by atoms with E-state index in [0.717, 1.165) is 11.3 Å². The van der Waals surface area contributed by atoms with Crippen molar-refractivity contribution in [2.24, 2.45) is 0 Å². The van der Waals surface area contributed by atoms with Crippen LogP contribution in [0.15, 0.2) is 30.3 Å². The van der Waals surface area contributed by atoms with Gasteiger partial charge in [0, 0.05) is 5.69 Å². The zero-order chi connectivity index (χ0) is 16.2. The molecule has 3 rings (SSSR count). The van der Waals surface area contributed by atoms with Crippen LogP contribution in [0.25, 0.3) is 4.85 Å². The Labute approximate surface area is 135 Å². The van der Waals surface area contributed by atoms with E-state index in [4.69, 9.17) is 21.1 Å². The number of ether oxygens (including phenoxy) is 1. The maximum absolute atomic E-state index is 8.85. The first kappa shape index (κ1) is 15.3. The van der Waals surface area contributed by atoms with E-state index in [1.54, 1.807) is 12.1 Å². The minimum Gasteiger partial charge on any atom is -0.484 e. The van der Waals surface area contributed by atoms with Crippen LogP contribution in [0, 0.1) is 6.57 Å². The van der Waals surface area contributed by atoms with Gasteiger partial charge in [0.2, 0.25) is 11.6 Å². The number of nitrogens with zero attached hydrogens (tertiary/aromatic N) is 2. The molecule has 1 aromatic heterocycles. The third kappa shape index (κ3) is 3.28. The van der Waals surface area contributed by atoms with Gasteiger partial charge in [-0.3, -0.25) is 0 Å². The molecule has 2 N–H and O–H groups in total. The summed E-state index contributed by atoms with van der Waals surface area (Å²) in [6.07, 6.45) is 0. The van der Waals surface area contributed by atoms with Gasteiger partial charge >= 0.3 is 6.92 Å². The van der Waals surface area contributed by atoms with E-state index < -0.39 is 0 Å². The fraction of sp³-hybridized carbons (Fsp3) is 0.250. The van der Waals surface area contributed by atoms with Crippen LogP contribution in [0.4, 0.5) is 17.2 Å². The molecule has 23 heavy (non-hydrogen) atoms. The Bertz CT molecular complexity index is 761. The minimum atomic E-state index is -0.125. The average Bonchev–Trinajstić information content (AvgIpc) is 2.94. The normalized spacial score (nSPS) is 12.7. The second-order valence-corrected chi connectivity index (χ2v) is 5.20. The highest BCUT2D eigenvalue weighted by Crippen LogP contribution is 2.28. The lowest BCUT2D eigenvalue weighted by Gasteiger charge is -2.11. The van der Waals surface area contributed by atoms with Crippen LogP contribution in [0.5, 0.6) is 5.88 Å². The van der Waals surface area contributed by atoms with Crippen LogP contribution < -0.4 is 15.5 Å². The number of benzene rings is 1. The Morgan fingerprint density at radius 1 is 1.43 bits per heavy atom. The van der Waals surface area contributed by atoms with Crippen molar-refractivity contribution < 1.29 is 14.5 Å². The molecule has 1 aromatic carbocycles. The Morgan fingerprint density at radius 2 is 2.30 bits per heavy atom. The molecule has 2 heterocycles. The maximum atomic E-state index is 8.85. The topological polar surface area (TPSA) is 68.0 Å².